The lowest BCUT2D eigenvalue weighted by molar-refractivity contribution is -0.152. The molecular formula is C25H37NO9. The van der Waals surface area contributed by atoms with Gasteiger partial charge in [-0.1, -0.05) is 33.8 Å². The molecule has 0 aromatic heterocycles. The molecule has 0 unspecified atom stereocenters. The summed E-state index contributed by atoms with van der Waals surface area (Å²) >= 11 is 0. The van der Waals surface area contributed by atoms with Gasteiger partial charge in [0.15, 0.2) is 11.5 Å². The van der Waals surface area contributed by atoms with Crippen molar-refractivity contribution >= 4 is 24.1 Å². The van der Waals surface area contributed by atoms with Crippen LogP contribution in [0.1, 0.15) is 65.9 Å². The largest absolute Gasteiger partial charge is 0.508 e. The summed E-state index contributed by atoms with van der Waals surface area (Å²) in [6.07, 6.45) is 0.132. The zero-order valence-corrected chi connectivity index (χ0v) is 21.2. The van der Waals surface area contributed by atoms with Crippen LogP contribution in [0.25, 0.3) is 0 Å². The Bertz CT molecular complexity index is 853. The minimum atomic E-state index is -1.03. The summed E-state index contributed by atoms with van der Waals surface area (Å²) in [4.78, 5) is 47.8. The second-order valence-corrected chi connectivity index (χ2v) is 8.55. The van der Waals surface area contributed by atoms with Crippen LogP contribution in [0.15, 0.2) is 18.2 Å². The summed E-state index contributed by atoms with van der Waals surface area (Å²) in [6.45, 7) is 9.08. The highest BCUT2D eigenvalue weighted by Crippen LogP contribution is 2.30. The number of hydrogen-bond acceptors (Lipinski definition) is 10. The molecule has 2 N–H and O–H groups in total. The number of nitrogens with two attached hydrogens (primary N) is 1. The van der Waals surface area contributed by atoms with Crippen molar-refractivity contribution in [2.75, 3.05) is 13.2 Å². The highest BCUT2D eigenvalue weighted by molar-refractivity contribution is 5.77. The van der Waals surface area contributed by atoms with Gasteiger partial charge in [-0.15, -0.1) is 0 Å². The molecule has 1 rings (SSSR count). The Morgan fingerprint density at radius 1 is 0.857 bits per heavy atom. The molecule has 1 aromatic carbocycles. The lowest BCUT2D eigenvalue weighted by Gasteiger charge is -2.18. The van der Waals surface area contributed by atoms with Crippen LogP contribution >= 0.6 is 0 Å². The van der Waals surface area contributed by atoms with Gasteiger partial charge >= 0.3 is 24.1 Å². The number of carbonyl (C=O) groups is 4. The molecule has 1 aromatic rings. The standard InChI is InChI=1S/C25H37NO9/c1-6-8-22(27)34-20-11-10-18(13-21(20)35-23(28)9-7-2)12-19(26)24(29)33-17(5)15-32-25(30)31-14-16(3)4/h10-11,13,16-17,19H,6-9,12,14-15,26H2,1-5H3/t17-,19-/m0/s1. The normalized spacial score (nSPS) is 12.4. The van der Waals surface area contributed by atoms with Crippen LogP contribution in [0.4, 0.5) is 4.79 Å². The van der Waals surface area contributed by atoms with E-state index in [2.05, 4.69) is 0 Å². The first-order valence-electron chi connectivity index (χ1n) is 11.9. The molecular weight excluding hydrogens is 458 g/mol. The van der Waals surface area contributed by atoms with E-state index in [1.165, 1.54) is 12.1 Å². The van der Waals surface area contributed by atoms with Crippen molar-refractivity contribution in [2.45, 2.75) is 78.9 Å². The first-order valence-corrected chi connectivity index (χ1v) is 11.9. The summed E-state index contributed by atoms with van der Waals surface area (Å²) in [7, 11) is 0. The fourth-order valence-corrected chi connectivity index (χ4v) is 2.72. The van der Waals surface area contributed by atoms with Crippen molar-refractivity contribution in [3.63, 3.8) is 0 Å². The highest BCUT2D eigenvalue weighted by Gasteiger charge is 2.21. The minimum absolute atomic E-state index is 0.0738. The molecule has 0 aliphatic rings. The van der Waals surface area contributed by atoms with Crippen LogP contribution in [0, 0.1) is 5.92 Å². The fourth-order valence-electron chi connectivity index (χ4n) is 2.72. The van der Waals surface area contributed by atoms with E-state index >= 15 is 0 Å². The van der Waals surface area contributed by atoms with E-state index in [4.69, 9.17) is 29.4 Å². The number of ether oxygens (including phenoxy) is 5. The van der Waals surface area contributed by atoms with Crippen LogP contribution in [0.2, 0.25) is 0 Å². The number of rotatable bonds is 14. The Balaban J connectivity index is 2.75. The summed E-state index contributed by atoms with van der Waals surface area (Å²) in [5.74, 6) is -1.25. The summed E-state index contributed by atoms with van der Waals surface area (Å²) in [5, 5.41) is 0. The number of hydrogen-bond donors (Lipinski definition) is 1. The Morgan fingerprint density at radius 2 is 1.43 bits per heavy atom. The van der Waals surface area contributed by atoms with E-state index in [1.54, 1.807) is 13.0 Å². The molecule has 0 aliphatic heterocycles. The molecule has 2 atom stereocenters. The van der Waals surface area contributed by atoms with Crippen LogP contribution in [0.5, 0.6) is 11.5 Å². The predicted octanol–water partition coefficient (Wildman–Crippen LogP) is 3.71. The molecule has 10 heteroatoms. The Hall–Kier alpha value is -3.14. The molecule has 0 aliphatic carbocycles. The van der Waals surface area contributed by atoms with Gasteiger partial charge in [0.25, 0.3) is 0 Å². The van der Waals surface area contributed by atoms with Crippen molar-refractivity contribution in [2.24, 2.45) is 11.7 Å². The Morgan fingerprint density at radius 3 is 2.00 bits per heavy atom. The monoisotopic (exact) mass is 495 g/mol. The molecule has 0 fully saturated rings. The van der Waals surface area contributed by atoms with Crippen LogP contribution in [-0.2, 0) is 35.0 Å². The second kappa shape index (κ2) is 15.7. The van der Waals surface area contributed by atoms with Crippen LogP contribution < -0.4 is 15.2 Å². The van der Waals surface area contributed by atoms with E-state index in [1.807, 2.05) is 27.7 Å². The molecule has 0 heterocycles. The SMILES string of the molecule is CCCC(=O)Oc1ccc(C[C@H](N)C(=O)O[C@@H](C)COC(=O)OCC(C)C)cc1OC(=O)CCC. The van der Waals surface area contributed by atoms with Gasteiger partial charge < -0.3 is 29.4 Å². The quantitative estimate of drug-likeness (QED) is 0.300. The lowest BCUT2D eigenvalue weighted by atomic mass is 10.1. The molecule has 0 spiro atoms. The third-order valence-electron chi connectivity index (χ3n) is 4.41. The smallest absolute Gasteiger partial charge is 0.458 e. The van der Waals surface area contributed by atoms with E-state index < -0.39 is 36.2 Å². The van der Waals surface area contributed by atoms with Crippen molar-refractivity contribution in [1.29, 1.82) is 0 Å². The van der Waals surface area contributed by atoms with Gasteiger partial charge in [0.1, 0.15) is 18.8 Å². The molecule has 0 saturated carbocycles. The van der Waals surface area contributed by atoms with Crippen LogP contribution in [-0.4, -0.2) is 49.4 Å². The molecule has 0 saturated heterocycles. The molecule has 196 valence electrons. The van der Waals surface area contributed by atoms with Crippen molar-refractivity contribution in [1.82, 2.24) is 0 Å². The third kappa shape index (κ3) is 12.2. The van der Waals surface area contributed by atoms with Gasteiger partial charge in [-0.3, -0.25) is 14.4 Å². The summed E-state index contributed by atoms with van der Waals surface area (Å²) in [6, 6.07) is 3.59. The zero-order chi connectivity index (χ0) is 26.4. The Labute approximate surface area is 206 Å². The van der Waals surface area contributed by atoms with Gasteiger partial charge in [-0.2, -0.15) is 0 Å². The van der Waals surface area contributed by atoms with Crippen molar-refractivity contribution in [3.05, 3.63) is 23.8 Å². The number of carbonyl (C=O) groups excluding carboxylic acids is 4. The van der Waals surface area contributed by atoms with E-state index in [0.717, 1.165) is 0 Å². The average Bonchev–Trinajstić information content (AvgIpc) is 2.78. The molecule has 10 nitrogen and oxygen atoms in total. The second-order valence-electron chi connectivity index (χ2n) is 8.55. The lowest BCUT2D eigenvalue weighted by Crippen LogP contribution is -2.37. The van der Waals surface area contributed by atoms with E-state index in [0.29, 0.717) is 18.4 Å². The van der Waals surface area contributed by atoms with Gasteiger partial charge in [0.05, 0.1) is 6.61 Å². The molecule has 0 radical (unpaired) electrons. The van der Waals surface area contributed by atoms with Gasteiger partial charge in [-0.05, 0) is 49.8 Å². The molecule has 0 amide bonds. The number of esters is 3. The van der Waals surface area contributed by atoms with Gasteiger partial charge in [0.2, 0.25) is 0 Å². The number of benzene rings is 1. The zero-order valence-electron chi connectivity index (χ0n) is 21.2. The van der Waals surface area contributed by atoms with Crippen LogP contribution in [0.3, 0.4) is 0 Å². The maximum Gasteiger partial charge on any atom is 0.508 e. The summed E-state index contributed by atoms with van der Waals surface area (Å²) in [5.41, 5.74) is 6.57. The maximum absolute atomic E-state index is 12.4. The predicted molar refractivity (Wildman–Crippen MR) is 127 cm³/mol. The summed E-state index contributed by atoms with van der Waals surface area (Å²) < 4.78 is 25.7. The van der Waals surface area contributed by atoms with Crippen molar-refractivity contribution < 1.29 is 42.9 Å². The highest BCUT2D eigenvalue weighted by atomic mass is 16.7. The first kappa shape index (κ1) is 29.9. The van der Waals surface area contributed by atoms with Gasteiger partial charge in [0, 0.05) is 12.8 Å². The average molecular weight is 496 g/mol. The fraction of sp³-hybridized carbons (Fsp3) is 0.600. The molecule has 0 bridgehead atoms. The van der Waals surface area contributed by atoms with E-state index in [-0.39, 0.29) is 49.9 Å². The first-order chi connectivity index (χ1) is 16.5. The Kier molecular flexibility index (Phi) is 13.4. The topological polar surface area (TPSA) is 140 Å². The molecule has 35 heavy (non-hydrogen) atoms. The van der Waals surface area contributed by atoms with Gasteiger partial charge in [-0.25, -0.2) is 4.79 Å². The van der Waals surface area contributed by atoms with Crippen molar-refractivity contribution in [3.8, 4) is 11.5 Å². The van der Waals surface area contributed by atoms with E-state index in [9.17, 15) is 19.2 Å². The minimum Gasteiger partial charge on any atom is -0.458 e. The maximum atomic E-state index is 12.4. The third-order valence-corrected chi connectivity index (χ3v) is 4.41.